The molecular weight excluding hydrogens is 250 g/mol. The van der Waals surface area contributed by atoms with Crippen molar-refractivity contribution >= 4 is 17.5 Å². The molecule has 2 amide bonds. The minimum atomic E-state index is -0.575. The lowest BCUT2D eigenvalue weighted by molar-refractivity contribution is -0.385. The van der Waals surface area contributed by atoms with E-state index in [-0.39, 0.29) is 30.1 Å². The number of nitrogens with one attached hydrogen (secondary N) is 1. The van der Waals surface area contributed by atoms with Crippen LogP contribution in [0.3, 0.4) is 0 Å². The van der Waals surface area contributed by atoms with Crippen LogP contribution in [0.1, 0.15) is 16.8 Å². The van der Waals surface area contributed by atoms with Crippen molar-refractivity contribution in [3.8, 4) is 0 Å². The average molecular weight is 263 g/mol. The molecule has 0 saturated carbocycles. The fourth-order valence-electron chi connectivity index (χ4n) is 1.95. The number of benzene rings is 1. The lowest BCUT2D eigenvalue weighted by Gasteiger charge is -2.19. The van der Waals surface area contributed by atoms with Gasteiger partial charge in [0.25, 0.3) is 11.6 Å². The maximum Gasteiger partial charge on any atom is 0.282 e. The second-order valence-corrected chi connectivity index (χ2v) is 4.17. The van der Waals surface area contributed by atoms with Gasteiger partial charge in [-0.15, -0.1) is 0 Å². The number of hydrogen-bond acceptors (Lipinski definition) is 4. The molecule has 0 unspecified atom stereocenters. The van der Waals surface area contributed by atoms with Gasteiger partial charge in [0.15, 0.2) is 0 Å². The Bertz CT molecular complexity index is 529. The third kappa shape index (κ3) is 2.87. The van der Waals surface area contributed by atoms with Crippen LogP contribution in [-0.2, 0) is 4.79 Å². The fraction of sp³-hybridized carbons (Fsp3) is 0.333. The molecule has 7 nitrogen and oxygen atoms in total. The molecular formula is C12H13N3O4. The summed E-state index contributed by atoms with van der Waals surface area (Å²) in [6.45, 7) is 0.999. The van der Waals surface area contributed by atoms with Crippen LogP contribution in [0, 0.1) is 10.1 Å². The van der Waals surface area contributed by atoms with Gasteiger partial charge in [0, 0.05) is 32.1 Å². The van der Waals surface area contributed by atoms with Gasteiger partial charge in [-0.25, -0.2) is 0 Å². The van der Waals surface area contributed by atoms with Crippen LogP contribution >= 0.6 is 0 Å². The summed E-state index contributed by atoms with van der Waals surface area (Å²) in [6.07, 6.45) is 0.215. The molecule has 2 rings (SSSR count). The SMILES string of the molecule is O=C1CCN(C(=O)c2ccccc2[N+](=O)[O-])CCN1. The Kier molecular flexibility index (Phi) is 3.74. The first-order chi connectivity index (χ1) is 9.09. The van der Waals surface area contributed by atoms with Crippen LogP contribution in [0.5, 0.6) is 0 Å². The van der Waals surface area contributed by atoms with Gasteiger partial charge in [-0.3, -0.25) is 19.7 Å². The molecule has 1 saturated heterocycles. The van der Waals surface area contributed by atoms with Crippen molar-refractivity contribution in [2.24, 2.45) is 0 Å². The Balaban J connectivity index is 2.24. The van der Waals surface area contributed by atoms with Gasteiger partial charge in [-0.05, 0) is 6.07 Å². The van der Waals surface area contributed by atoms with Crippen molar-refractivity contribution in [2.45, 2.75) is 6.42 Å². The second kappa shape index (κ2) is 5.47. The van der Waals surface area contributed by atoms with Gasteiger partial charge in [-0.2, -0.15) is 0 Å². The van der Waals surface area contributed by atoms with Crippen molar-refractivity contribution in [1.82, 2.24) is 10.2 Å². The van der Waals surface area contributed by atoms with Gasteiger partial charge < -0.3 is 10.2 Å². The molecule has 1 heterocycles. The van der Waals surface area contributed by atoms with Gasteiger partial charge >= 0.3 is 0 Å². The van der Waals surface area contributed by atoms with E-state index in [1.807, 2.05) is 0 Å². The zero-order valence-corrected chi connectivity index (χ0v) is 10.2. The number of carbonyl (C=O) groups is 2. The minimum Gasteiger partial charge on any atom is -0.354 e. The van der Waals surface area contributed by atoms with Crippen LogP contribution in [-0.4, -0.2) is 41.3 Å². The molecule has 1 aromatic carbocycles. The summed E-state index contributed by atoms with van der Waals surface area (Å²) in [5, 5.41) is 13.5. The van der Waals surface area contributed by atoms with Crippen LogP contribution in [0.15, 0.2) is 24.3 Å². The van der Waals surface area contributed by atoms with E-state index in [2.05, 4.69) is 5.32 Å². The smallest absolute Gasteiger partial charge is 0.282 e. The Hall–Kier alpha value is -2.44. The van der Waals surface area contributed by atoms with Crippen molar-refractivity contribution < 1.29 is 14.5 Å². The minimum absolute atomic E-state index is 0.0573. The number of nitrogens with zero attached hydrogens (tertiary/aromatic N) is 2. The predicted molar refractivity (Wildman–Crippen MR) is 66.6 cm³/mol. The van der Waals surface area contributed by atoms with Gasteiger partial charge in [-0.1, -0.05) is 12.1 Å². The van der Waals surface area contributed by atoms with E-state index in [0.29, 0.717) is 13.1 Å². The lowest BCUT2D eigenvalue weighted by Crippen LogP contribution is -2.34. The standard InChI is InChI=1S/C12H13N3O4/c16-11-5-7-14(8-6-13-11)12(17)9-3-1-2-4-10(9)15(18)19/h1-4H,5-8H2,(H,13,16). The highest BCUT2D eigenvalue weighted by molar-refractivity contribution is 5.98. The maximum absolute atomic E-state index is 12.3. The van der Waals surface area contributed by atoms with Crippen LogP contribution < -0.4 is 5.32 Å². The maximum atomic E-state index is 12.3. The Morgan fingerprint density at radius 3 is 2.79 bits per heavy atom. The first-order valence-electron chi connectivity index (χ1n) is 5.89. The molecule has 0 atom stereocenters. The van der Waals surface area contributed by atoms with Gasteiger partial charge in [0.1, 0.15) is 5.56 Å². The summed E-state index contributed by atoms with van der Waals surface area (Å²) in [7, 11) is 0. The molecule has 1 aliphatic heterocycles. The molecule has 1 aliphatic rings. The van der Waals surface area contributed by atoms with E-state index >= 15 is 0 Å². The number of carbonyl (C=O) groups excluding carboxylic acids is 2. The summed E-state index contributed by atoms with van der Waals surface area (Å²) in [5.74, 6) is -0.526. The summed E-state index contributed by atoms with van der Waals surface area (Å²) in [6, 6.07) is 5.83. The molecule has 0 aliphatic carbocycles. The highest BCUT2D eigenvalue weighted by Gasteiger charge is 2.25. The van der Waals surface area contributed by atoms with E-state index in [0.717, 1.165) is 0 Å². The number of nitro groups is 1. The monoisotopic (exact) mass is 263 g/mol. The molecule has 0 bridgehead atoms. The molecule has 0 aromatic heterocycles. The molecule has 100 valence electrons. The molecule has 1 fully saturated rings. The van der Waals surface area contributed by atoms with Gasteiger partial charge in [0.05, 0.1) is 4.92 Å². The van der Waals surface area contributed by atoms with Crippen LogP contribution in [0.25, 0.3) is 0 Å². The largest absolute Gasteiger partial charge is 0.354 e. The number of para-hydroxylation sites is 1. The molecule has 7 heteroatoms. The quantitative estimate of drug-likeness (QED) is 0.623. The summed E-state index contributed by atoms with van der Waals surface area (Å²) < 4.78 is 0. The number of rotatable bonds is 2. The van der Waals surface area contributed by atoms with Crippen molar-refractivity contribution in [2.75, 3.05) is 19.6 Å². The second-order valence-electron chi connectivity index (χ2n) is 4.17. The zero-order chi connectivity index (χ0) is 13.8. The van der Waals surface area contributed by atoms with E-state index in [4.69, 9.17) is 0 Å². The van der Waals surface area contributed by atoms with Gasteiger partial charge in [0.2, 0.25) is 5.91 Å². The van der Waals surface area contributed by atoms with Crippen LogP contribution in [0.4, 0.5) is 5.69 Å². The molecule has 0 spiro atoms. The van der Waals surface area contributed by atoms with Crippen molar-refractivity contribution in [1.29, 1.82) is 0 Å². The number of nitro benzene ring substituents is 1. The van der Waals surface area contributed by atoms with E-state index in [1.54, 1.807) is 6.07 Å². The lowest BCUT2D eigenvalue weighted by atomic mass is 10.1. The molecule has 1 aromatic rings. The summed E-state index contributed by atoms with van der Waals surface area (Å²) in [4.78, 5) is 35.3. The molecule has 19 heavy (non-hydrogen) atoms. The Morgan fingerprint density at radius 2 is 2.05 bits per heavy atom. The first kappa shape index (κ1) is 13.0. The third-order valence-corrected chi connectivity index (χ3v) is 2.93. The topological polar surface area (TPSA) is 92.5 Å². The van der Waals surface area contributed by atoms with Crippen LogP contribution in [0.2, 0.25) is 0 Å². The number of hydrogen-bond donors (Lipinski definition) is 1. The Morgan fingerprint density at radius 1 is 1.32 bits per heavy atom. The van der Waals surface area contributed by atoms with E-state index in [9.17, 15) is 19.7 Å². The third-order valence-electron chi connectivity index (χ3n) is 2.93. The average Bonchev–Trinajstić information content (AvgIpc) is 2.62. The van der Waals surface area contributed by atoms with E-state index in [1.165, 1.54) is 23.1 Å². The van der Waals surface area contributed by atoms with E-state index < -0.39 is 10.8 Å². The first-order valence-corrected chi connectivity index (χ1v) is 5.89. The normalized spacial score (nSPS) is 15.6. The highest BCUT2D eigenvalue weighted by atomic mass is 16.6. The Labute approximate surface area is 109 Å². The highest BCUT2D eigenvalue weighted by Crippen LogP contribution is 2.19. The zero-order valence-electron chi connectivity index (χ0n) is 10.2. The predicted octanol–water partition coefficient (Wildman–Crippen LogP) is 0.557. The summed E-state index contributed by atoms with van der Waals surface area (Å²) >= 11 is 0. The van der Waals surface area contributed by atoms with Crippen molar-refractivity contribution in [3.05, 3.63) is 39.9 Å². The molecule has 0 radical (unpaired) electrons. The summed E-state index contributed by atoms with van der Waals surface area (Å²) in [5.41, 5.74) is -0.155. The fourth-order valence-corrected chi connectivity index (χ4v) is 1.95. The van der Waals surface area contributed by atoms with Crippen molar-refractivity contribution in [3.63, 3.8) is 0 Å². The molecule has 1 N–H and O–H groups in total. The number of amides is 2.